The summed E-state index contributed by atoms with van der Waals surface area (Å²) in [6.45, 7) is 2.50. The number of ether oxygens (including phenoxy) is 1. The third kappa shape index (κ3) is 4.79. The number of benzene rings is 1. The zero-order valence-electron chi connectivity index (χ0n) is 17.4. The Morgan fingerprint density at radius 3 is 2.63 bits per heavy atom. The second-order valence-corrected chi connectivity index (χ2v) is 7.24. The first kappa shape index (κ1) is 21.4. The molecule has 0 aliphatic carbocycles. The third-order valence-corrected chi connectivity index (χ3v) is 5.19. The molecule has 1 aromatic heterocycles. The van der Waals surface area contributed by atoms with Crippen molar-refractivity contribution in [3.05, 3.63) is 35.8 Å². The van der Waals surface area contributed by atoms with Gasteiger partial charge in [0.05, 0.1) is 13.7 Å². The van der Waals surface area contributed by atoms with Gasteiger partial charge < -0.3 is 25.3 Å². The minimum atomic E-state index is -0.256. The molecule has 1 saturated heterocycles. The van der Waals surface area contributed by atoms with E-state index in [1.54, 1.807) is 19.1 Å². The van der Waals surface area contributed by atoms with Gasteiger partial charge in [0.1, 0.15) is 23.0 Å². The lowest BCUT2D eigenvalue weighted by atomic mass is 9.97. The Balaban J connectivity index is 1.84. The molecule has 0 bridgehead atoms. The van der Waals surface area contributed by atoms with Gasteiger partial charge in [0.2, 0.25) is 11.8 Å². The molecule has 0 spiro atoms. The molecule has 0 saturated carbocycles. The minimum Gasteiger partial charge on any atom is -0.497 e. The molecule has 3 amide bonds. The molecule has 9 nitrogen and oxygen atoms in total. The van der Waals surface area contributed by atoms with Gasteiger partial charge in [-0.05, 0) is 37.1 Å². The van der Waals surface area contributed by atoms with Crippen molar-refractivity contribution < 1.29 is 19.1 Å². The number of nitrogens with one attached hydrogen (secondary N) is 3. The van der Waals surface area contributed by atoms with Crippen LogP contribution in [0.25, 0.3) is 11.3 Å². The summed E-state index contributed by atoms with van der Waals surface area (Å²) in [6, 6.07) is 7.35. The Bertz CT molecular complexity index is 922. The number of piperidine rings is 1. The van der Waals surface area contributed by atoms with Crippen molar-refractivity contribution in [2.75, 3.05) is 33.8 Å². The Morgan fingerprint density at radius 1 is 1.27 bits per heavy atom. The summed E-state index contributed by atoms with van der Waals surface area (Å²) < 4.78 is 5.20. The van der Waals surface area contributed by atoms with Gasteiger partial charge in [0.15, 0.2) is 0 Å². The van der Waals surface area contributed by atoms with Crippen molar-refractivity contribution in [2.24, 2.45) is 0 Å². The topological polar surface area (TPSA) is 116 Å². The number of H-pyrrole nitrogens is 1. The Hall–Kier alpha value is -3.36. The molecular weight excluding hydrogens is 386 g/mol. The number of methoxy groups -OCH3 is 1. The lowest BCUT2D eigenvalue weighted by Gasteiger charge is -2.32. The van der Waals surface area contributed by atoms with Crippen LogP contribution >= 0.6 is 0 Å². The Labute approximate surface area is 175 Å². The molecule has 0 radical (unpaired) electrons. The van der Waals surface area contributed by atoms with Crippen molar-refractivity contribution >= 4 is 17.7 Å². The van der Waals surface area contributed by atoms with E-state index >= 15 is 0 Å². The van der Waals surface area contributed by atoms with E-state index in [1.807, 2.05) is 24.3 Å². The Morgan fingerprint density at radius 2 is 2.00 bits per heavy atom. The number of aromatic nitrogens is 2. The van der Waals surface area contributed by atoms with Crippen LogP contribution in [0.3, 0.4) is 0 Å². The second kappa shape index (κ2) is 9.43. The van der Waals surface area contributed by atoms with Crippen LogP contribution in [0.2, 0.25) is 0 Å². The normalized spacial score (nSPS) is 16.1. The van der Waals surface area contributed by atoms with E-state index in [9.17, 15) is 14.4 Å². The van der Waals surface area contributed by atoms with Crippen LogP contribution in [-0.4, -0.2) is 66.4 Å². The molecule has 0 unspecified atom stereocenters. The number of amides is 3. The van der Waals surface area contributed by atoms with Crippen molar-refractivity contribution in [2.45, 2.75) is 25.7 Å². The summed E-state index contributed by atoms with van der Waals surface area (Å²) in [5.74, 6) is 0.767. The molecule has 1 atom stereocenters. The molecule has 3 N–H and O–H groups in total. The van der Waals surface area contributed by atoms with Crippen LogP contribution < -0.4 is 15.4 Å². The quantitative estimate of drug-likeness (QED) is 0.660. The zero-order valence-corrected chi connectivity index (χ0v) is 17.4. The number of rotatable bonds is 6. The first-order valence-electron chi connectivity index (χ1n) is 9.91. The van der Waals surface area contributed by atoms with Crippen molar-refractivity contribution in [1.29, 1.82) is 0 Å². The Kier molecular flexibility index (Phi) is 6.71. The van der Waals surface area contributed by atoms with Crippen LogP contribution in [0.5, 0.6) is 5.75 Å². The van der Waals surface area contributed by atoms with Crippen LogP contribution in [-0.2, 0) is 9.59 Å². The highest BCUT2D eigenvalue weighted by atomic mass is 16.5. The first-order chi connectivity index (χ1) is 14.4. The first-order valence-corrected chi connectivity index (χ1v) is 9.91. The van der Waals surface area contributed by atoms with Crippen molar-refractivity contribution in [3.63, 3.8) is 0 Å². The van der Waals surface area contributed by atoms with Gasteiger partial charge in [-0.25, -0.2) is 4.98 Å². The van der Waals surface area contributed by atoms with E-state index in [4.69, 9.17) is 9.72 Å². The molecule has 1 aromatic carbocycles. The van der Waals surface area contributed by atoms with Gasteiger partial charge >= 0.3 is 0 Å². The van der Waals surface area contributed by atoms with Crippen LogP contribution in [0.15, 0.2) is 24.3 Å². The fraction of sp³-hybridized carbons (Fsp3) is 0.429. The summed E-state index contributed by atoms with van der Waals surface area (Å²) in [7, 11) is 3.17. The van der Waals surface area contributed by atoms with E-state index in [2.05, 4.69) is 15.6 Å². The number of likely N-dealkylation sites (tertiary alicyclic amines) is 1. The van der Waals surface area contributed by atoms with Crippen LogP contribution in [0, 0.1) is 0 Å². The number of hydrogen-bond donors (Lipinski definition) is 3. The van der Waals surface area contributed by atoms with Gasteiger partial charge in [-0.2, -0.15) is 0 Å². The maximum absolute atomic E-state index is 12.4. The summed E-state index contributed by atoms with van der Waals surface area (Å²) >= 11 is 0. The molecule has 160 valence electrons. The predicted octanol–water partition coefficient (Wildman–Crippen LogP) is 1.29. The molecule has 2 heterocycles. The molecule has 1 aliphatic heterocycles. The number of imidazole rings is 1. The van der Waals surface area contributed by atoms with E-state index in [0.717, 1.165) is 24.2 Å². The SMILES string of the molecule is CNC(=O)c1[nH]c([C@@H]2CCCN(C(=O)CNC(C)=O)C2)nc1-c1ccc(OC)cc1. The van der Waals surface area contributed by atoms with Crippen LogP contribution in [0.1, 0.15) is 42.0 Å². The summed E-state index contributed by atoms with van der Waals surface area (Å²) in [5.41, 5.74) is 1.75. The number of carbonyl (C=O) groups is 3. The monoisotopic (exact) mass is 413 g/mol. The number of aromatic amines is 1. The maximum atomic E-state index is 12.4. The van der Waals surface area contributed by atoms with Gasteiger partial charge in [0, 0.05) is 38.5 Å². The standard InChI is InChI=1S/C21H27N5O4/c1-13(27)23-11-17(28)26-10-4-5-15(12-26)20-24-18(19(25-20)21(29)22-2)14-6-8-16(30-3)9-7-14/h6-9,15H,4-5,10-12H2,1-3H3,(H,22,29)(H,23,27)(H,24,25)/t15-/m1/s1. The summed E-state index contributed by atoms with van der Waals surface area (Å²) in [6.07, 6.45) is 1.68. The average molecular weight is 413 g/mol. The van der Waals surface area contributed by atoms with Crippen LogP contribution in [0.4, 0.5) is 0 Å². The van der Waals surface area contributed by atoms with E-state index in [0.29, 0.717) is 30.3 Å². The maximum Gasteiger partial charge on any atom is 0.269 e. The lowest BCUT2D eigenvalue weighted by Crippen LogP contribution is -2.44. The van der Waals surface area contributed by atoms with Gasteiger partial charge in [-0.15, -0.1) is 0 Å². The number of carbonyl (C=O) groups excluding carboxylic acids is 3. The fourth-order valence-corrected chi connectivity index (χ4v) is 3.57. The molecule has 3 rings (SSSR count). The van der Waals surface area contributed by atoms with Gasteiger partial charge in [0.25, 0.3) is 5.91 Å². The second-order valence-electron chi connectivity index (χ2n) is 7.24. The van der Waals surface area contributed by atoms with Crippen molar-refractivity contribution in [1.82, 2.24) is 25.5 Å². The highest BCUT2D eigenvalue weighted by Gasteiger charge is 2.29. The molecule has 2 aromatic rings. The van der Waals surface area contributed by atoms with E-state index in [-0.39, 0.29) is 30.2 Å². The average Bonchev–Trinajstić information content (AvgIpc) is 3.22. The summed E-state index contributed by atoms with van der Waals surface area (Å²) in [4.78, 5) is 45.6. The molecule has 9 heteroatoms. The highest BCUT2D eigenvalue weighted by Crippen LogP contribution is 2.30. The number of nitrogens with zero attached hydrogens (tertiary/aromatic N) is 2. The molecule has 30 heavy (non-hydrogen) atoms. The fourth-order valence-electron chi connectivity index (χ4n) is 3.57. The van der Waals surface area contributed by atoms with Gasteiger partial charge in [-0.3, -0.25) is 14.4 Å². The highest BCUT2D eigenvalue weighted by molar-refractivity contribution is 5.98. The largest absolute Gasteiger partial charge is 0.497 e. The number of hydrogen-bond acceptors (Lipinski definition) is 5. The van der Waals surface area contributed by atoms with E-state index in [1.165, 1.54) is 6.92 Å². The third-order valence-electron chi connectivity index (χ3n) is 5.19. The summed E-state index contributed by atoms with van der Waals surface area (Å²) in [5, 5.41) is 5.19. The van der Waals surface area contributed by atoms with Gasteiger partial charge in [-0.1, -0.05) is 0 Å². The predicted molar refractivity (Wildman–Crippen MR) is 111 cm³/mol. The smallest absolute Gasteiger partial charge is 0.269 e. The molecule has 1 fully saturated rings. The molecular formula is C21H27N5O4. The zero-order chi connectivity index (χ0) is 21.7. The molecule has 1 aliphatic rings. The van der Waals surface area contributed by atoms with E-state index < -0.39 is 0 Å². The minimum absolute atomic E-state index is 0.0131. The lowest BCUT2D eigenvalue weighted by molar-refractivity contribution is -0.133. The van der Waals surface area contributed by atoms with Crippen molar-refractivity contribution in [3.8, 4) is 17.0 Å².